The molecule has 2 aromatic carbocycles. The largest absolute Gasteiger partial charge is 0.495 e. The van der Waals surface area contributed by atoms with Gasteiger partial charge in [-0.05, 0) is 35.5 Å². The molecule has 1 heterocycles. The Hall–Kier alpha value is -4.19. The number of amides is 1. The summed E-state index contributed by atoms with van der Waals surface area (Å²) in [6, 6.07) is 16.0. The number of aromatic amines is 1. The van der Waals surface area contributed by atoms with Crippen LogP contribution in [0, 0.1) is 11.3 Å². The fourth-order valence-corrected chi connectivity index (χ4v) is 2.26. The van der Waals surface area contributed by atoms with Gasteiger partial charge in [0.05, 0.1) is 12.8 Å². The number of rotatable bonds is 6. The molecule has 1 aromatic heterocycles. The van der Waals surface area contributed by atoms with Crippen molar-refractivity contribution in [3.63, 3.8) is 0 Å². The molecule has 0 fully saturated rings. The molecule has 0 atom stereocenters. The van der Waals surface area contributed by atoms with Crippen LogP contribution in [0.5, 0.6) is 5.75 Å². The van der Waals surface area contributed by atoms with Crippen LogP contribution in [0.4, 0.5) is 11.4 Å². The summed E-state index contributed by atoms with van der Waals surface area (Å²) >= 11 is 0. The predicted molar refractivity (Wildman–Crippen MR) is 98.8 cm³/mol. The Morgan fingerprint density at radius 3 is 2.74 bits per heavy atom. The zero-order chi connectivity index (χ0) is 19.1. The lowest BCUT2D eigenvalue weighted by Crippen LogP contribution is -2.12. The van der Waals surface area contributed by atoms with E-state index in [0.717, 1.165) is 0 Å². The second-order valence-electron chi connectivity index (χ2n) is 5.28. The molecular weight excluding hydrogens is 346 g/mol. The molecule has 0 aliphatic rings. The third-order valence-electron chi connectivity index (χ3n) is 3.57. The van der Waals surface area contributed by atoms with Crippen LogP contribution in [0.15, 0.2) is 54.7 Å². The van der Waals surface area contributed by atoms with Gasteiger partial charge in [0.2, 0.25) is 5.82 Å². The maximum Gasteiger partial charge on any atom is 0.255 e. The summed E-state index contributed by atoms with van der Waals surface area (Å²) in [6.07, 6.45) is 1.45. The minimum absolute atomic E-state index is 0.177. The molecule has 9 nitrogen and oxygen atoms in total. The van der Waals surface area contributed by atoms with E-state index in [2.05, 4.69) is 31.3 Å². The molecule has 0 saturated heterocycles. The van der Waals surface area contributed by atoms with Crippen molar-refractivity contribution in [1.82, 2.24) is 20.6 Å². The number of hydrogen-bond donors (Lipinski definition) is 3. The van der Waals surface area contributed by atoms with Crippen LogP contribution in [0.2, 0.25) is 0 Å². The number of carbonyl (C=O) groups is 1. The molecule has 0 radical (unpaired) electrons. The van der Waals surface area contributed by atoms with E-state index in [9.17, 15) is 10.1 Å². The van der Waals surface area contributed by atoms with Gasteiger partial charge in [-0.1, -0.05) is 18.2 Å². The van der Waals surface area contributed by atoms with Gasteiger partial charge >= 0.3 is 0 Å². The van der Waals surface area contributed by atoms with E-state index in [-0.39, 0.29) is 17.3 Å². The van der Waals surface area contributed by atoms with Crippen LogP contribution in [0.3, 0.4) is 0 Å². The first-order valence-corrected chi connectivity index (χ1v) is 7.86. The predicted octanol–water partition coefficient (Wildman–Crippen LogP) is 2.44. The lowest BCUT2D eigenvalue weighted by molar-refractivity contribution is 0.102. The third kappa shape index (κ3) is 4.26. The van der Waals surface area contributed by atoms with Crippen molar-refractivity contribution < 1.29 is 9.53 Å². The molecule has 27 heavy (non-hydrogen) atoms. The molecule has 3 rings (SSSR count). The maximum atomic E-state index is 12.4. The first kappa shape index (κ1) is 17.6. The normalized spacial score (nSPS) is 10.7. The monoisotopic (exact) mass is 361 g/mol. The van der Waals surface area contributed by atoms with Gasteiger partial charge < -0.3 is 15.4 Å². The molecule has 9 heteroatoms. The lowest BCUT2D eigenvalue weighted by Gasteiger charge is -2.12. The van der Waals surface area contributed by atoms with Gasteiger partial charge in [-0.2, -0.15) is 10.5 Å². The first-order chi connectivity index (χ1) is 13.2. The van der Waals surface area contributed by atoms with Crippen molar-refractivity contribution in [3.05, 3.63) is 66.1 Å². The number of carbonyl (C=O) groups excluding carboxylic acids is 1. The molecular formula is C18H15N7O2. The van der Waals surface area contributed by atoms with Crippen LogP contribution in [-0.2, 0) is 0 Å². The molecule has 0 spiro atoms. The molecule has 0 aliphatic carbocycles. The second kappa shape index (κ2) is 8.26. The van der Waals surface area contributed by atoms with Gasteiger partial charge in [-0.25, -0.2) is 0 Å². The zero-order valence-electron chi connectivity index (χ0n) is 14.3. The lowest BCUT2D eigenvalue weighted by atomic mass is 10.2. The number of aromatic nitrogens is 4. The highest BCUT2D eigenvalue weighted by Gasteiger charge is 2.11. The summed E-state index contributed by atoms with van der Waals surface area (Å²) in [5.74, 6) is 0.426. The van der Waals surface area contributed by atoms with Crippen LogP contribution >= 0.6 is 0 Å². The number of anilines is 2. The average molecular weight is 361 g/mol. The third-order valence-corrected chi connectivity index (χ3v) is 3.57. The zero-order valence-corrected chi connectivity index (χ0v) is 14.3. The molecule has 0 saturated carbocycles. The van der Waals surface area contributed by atoms with Gasteiger partial charge in [0, 0.05) is 17.5 Å². The number of nitriles is 1. The summed E-state index contributed by atoms with van der Waals surface area (Å²) in [5.41, 5.74) is 1.86. The first-order valence-electron chi connectivity index (χ1n) is 7.86. The highest BCUT2D eigenvalue weighted by molar-refractivity contribution is 6.05. The minimum Gasteiger partial charge on any atom is -0.495 e. The summed E-state index contributed by atoms with van der Waals surface area (Å²) < 4.78 is 5.30. The standard InChI is InChI=1S/C18H15N7O2/c1-27-16-8-7-14(20-11-13(10-19)17-22-24-25-23-17)9-15(16)21-18(26)12-5-3-2-4-6-12/h2-9,11,20H,1H3,(H,21,26)(H,22,23,24,25). The van der Waals surface area contributed by atoms with Crippen LogP contribution in [0.1, 0.15) is 16.2 Å². The Labute approximate surface area is 154 Å². The van der Waals surface area contributed by atoms with E-state index >= 15 is 0 Å². The topological polar surface area (TPSA) is 129 Å². The van der Waals surface area contributed by atoms with Gasteiger partial charge in [0.25, 0.3) is 5.91 Å². The van der Waals surface area contributed by atoms with Crippen molar-refractivity contribution in [3.8, 4) is 11.8 Å². The van der Waals surface area contributed by atoms with Crippen LogP contribution in [0.25, 0.3) is 5.57 Å². The smallest absolute Gasteiger partial charge is 0.255 e. The van der Waals surface area contributed by atoms with E-state index < -0.39 is 0 Å². The average Bonchev–Trinajstić information content (AvgIpc) is 3.24. The fourth-order valence-electron chi connectivity index (χ4n) is 2.26. The summed E-state index contributed by atoms with van der Waals surface area (Å²) in [4.78, 5) is 12.4. The Bertz CT molecular complexity index is 992. The van der Waals surface area contributed by atoms with Crippen LogP contribution < -0.4 is 15.4 Å². The minimum atomic E-state index is -0.258. The summed E-state index contributed by atoms with van der Waals surface area (Å²) in [6.45, 7) is 0. The van der Waals surface area contributed by atoms with Crippen LogP contribution in [-0.4, -0.2) is 33.6 Å². The summed E-state index contributed by atoms with van der Waals surface area (Å²) in [7, 11) is 1.52. The maximum absolute atomic E-state index is 12.4. The van der Waals surface area contributed by atoms with Gasteiger partial charge in [-0.15, -0.1) is 10.2 Å². The van der Waals surface area contributed by atoms with E-state index in [0.29, 0.717) is 22.7 Å². The number of nitrogens with zero attached hydrogens (tertiary/aromatic N) is 4. The molecule has 0 bridgehead atoms. The highest BCUT2D eigenvalue weighted by atomic mass is 16.5. The van der Waals surface area contributed by atoms with Crippen molar-refractivity contribution >= 4 is 22.9 Å². The van der Waals surface area contributed by atoms with E-state index in [4.69, 9.17) is 4.74 Å². The number of H-pyrrole nitrogens is 1. The SMILES string of the molecule is COc1ccc(NC=C(C#N)c2nn[nH]n2)cc1NC(=O)c1ccccc1. The number of allylic oxidation sites excluding steroid dienone is 1. The molecule has 3 aromatic rings. The molecule has 3 N–H and O–H groups in total. The van der Waals surface area contributed by atoms with Gasteiger partial charge in [0.1, 0.15) is 17.4 Å². The number of hydrogen-bond acceptors (Lipinski definition) is 7. The Balaban J connectivity index is 1.81. The molecule has 0 aliphatic heterocycles. The Kier molecular flexibility index (Phi) is 5.39. The quantitative estimate of drug-likeness (QED) is 0.575. The summed E-state index contributed by atoms with van der Waals surface area (Å²) in [5, 5.41) is 28.2. The number of methoxy groups -OCH3 is 1. The molecule has 1 amide bonds. The van der Waals surface area contributed by atoms with E-state index in [1.54, 1.807) is 42.5 Å². The Morgan fingerprint density at radius 1 is 1.26 bits per heavy atom. The second-order valence-corrected chi connectivity index (χ2v) is 5.28. The number of ether oxygens (including phenoxy) is 1. The fraction of sp³-hybridized carbons (Fsp3) is 0.0556. The van der Waals surface area contributed by atoms with Gasteiger partial charge in [-0.3, -0.25) is 4.79 Å². The van der Waals surface area contributed by atoms with E-state index in [1.807, 2.05) is 12.1 Å². The number of benzene rings is 2. The highest BCUT2D eigenvalue weighted by Crippen LogP contribution is 2.28. The van der Waals surface area contributed by atoms with Crippen molar-refractivity contribution in [1.29, 1.82) is 5.26 Å². The molecule has 134 valence electrons. The number of nitrogens with one attached hydrogen (secondary N) is 3. The van der Waals surface area contributed by atoms with Crippen molar-refractivity contribution in [2.75, 3.05) is 17.7 Å². The van der Waals surface area contributed by atoms with Crippen molar-refractivity contribution in [2.45, 2.75) is 0 Å². The van der Waals surface area contributed by atoms with E-state index in [1.165, 1.54) is 13.3 Å². The molecule has 0 unspecified atom stereocenters. The van der Waals surface area contributed by atoms with Gasteiger partial charge in [0.15, 0.2) is 0 Å². The Morgan fingerprint density at radius 2 is 2.07 bits per heavy atom. The number of tetrazole rings is 1. The van der Waals surface area contributed by atoms with Crippen molar-refractivity contribution in [2.24, 2.45) is 0 Å².